The van der Waals surface area contributed by atoms with Crippen molar-refractivity contribution in [3.05, 3.63) is 28.0 Å². The Bertz CT molecular complexity index is 342. The van der Waals surface area contributed by atoms with E-state index in [0.29, 0.717) is 0 Å². The SMILES string of the molecule is O.O.O=CC(=O)c1ccc([N+](=O)[O-])o1. The maximum absolute atomic E-state index is 10.6. The second-order valence-corrected chi connectivity index (χ2v) is 1.88. The van der Waals surface area contributed by atoms with Gasteiger partial charge in [-0.2, -0.15) is 0 Å². The van der Waals surface area contributed by atoms with E-state index in [1.165, 1.54) is 0 Å². The van der Waals surface area contributed by atoms with E-state index in [-0.39, 0.29) is 23.0 Å². The maximum atomic E-state index is 10.6. The van der Waals surface area contributed by atoms with Crippen LogP contribution in [-0.2, 0) is 4.79 Å². The molecule has 4 N–H and O–H groups in total. The molecule has 0 fully saturated rings. The Labute approximate surface area is 76.9 Å². The largest absolute Gasteiger partial charge is 0.433 e. The molecule has 0 atom stereocenters. The predicted octanol–water partition coefficient (Wildman–Crippen LogP) is -1.08. The monoisotopic (exact) mass is 205 g/mol. The minimum atomic E-state index is -0.914. The fourth-order valence-electron chi connectivity index (χ4n) is 0.616. The van der Waals surface area contributed by atoms with Gasteiger partial charge in [0.15, 0.2) is 12.0 Å². The van der Waals surface area contributed by atoms with Crippen molar-refractivity contribution in [1.82, 2.24) is 0 Å². The first kappa shape index (κ1) is 14.5. The van der Waals surface area contributed by atoms with Crippen LogP contribution in [0.5, 0.6) is 0 Å². The number of rotatable bonds is 3. The Balaban J connectivity index is 0. The Kier molecular flexibility index (Phi) is 5.75. The molecule has 0 aliphatic rings. The molecule has 0 amide bonds. The van der Waals surface area contributed by atoms with Gasteiger partial charge in [0.1, 0.15) is 4.92 Å². The second-order valence-electron chi connectivity index (χ2n) is 1.88. The molecule has 0 aliphatic heterocycles. The van der Waals surface area contributed by atoms with Gasteiger partial charge in [-0.3, -0.25) is 19.7 Å². The van der Waals surface area contributed by atoms with Crippen molar-refractivity contribution in [3.63, 3.8) is 0 Å². The van der Waals surface area contributed by atoms with Gasteiger partial charge < -0.3 is 15.4 Å². The highest BCUT2D eigenvalue weighted by Gasteiger charge is 2.15. The van der Waals surface area contributed by atoms with Crippen LogP contribution in [0, 0.1) is 10.1 Å². The summed E-state index contributed by atoms with van der Waals surface area (Å²) in [6.07, 6.45) is 0.0303. The number of hydrogen-bond donors (Lipinski definition) is 0. The molecule has 1 rings (SSSR count). The van der Waals surface area contributed by atoms with Crippen LogP contribution in [0.2, 0.25) is 0 Å². The molecule has 0 unspecified atom stereocenters. The van der Waals surface area contributed by atoms with E-state index in [2.05, 4.69) is 4.42 Å². The van der Waals surface area contributed by atoms with Crippen LogP contribution in [0.1, 0.15) is 10.6 Å². The van der Waals surface area contributed by atoms with Crippen molar-refractivity contribution in [3.8, 4) is 0 Å². The number of nitrogens with zero attached hydrogens (tertiary/aromatic N) is 1. The Morgan fingerprint density at radius 1 is 1.43 bits per heavy atom. The standard InChI is InChI=1S/C6H3NO5.2H2O/c8-3-4(9)5-1-2-6(12-5)7(10)11;;/h1-3H;2*1H2. The summed E-state index contributed by atoms with van der Waals surface area (Å²) in [5, 5.41) is 10.0. The summed E-state index contributed by atoms with van der Waals surface area (Å²) in [5.41, 5.74) is 0. The van der Waals surface area contributed by atoms with Crippen molar-refractivity contribution >= 4 is 18.0 Å². The summed E-state index contributed by atoms with van der Waals surface area (Å²) in [7, 11) is 0. The predicted molar refractivity (Wildman–Crippen MR) is 43.0 cm³/mol. The zero-order valence-corrected chi connectivity index (χ0v) is 6.72. The van der Waals surface area contributed by atoms with Gasteiger partial charge in [0.2, 0.25) is 0 Å². The molecule has 8 nitrogen and oxygen atoms in total. The number of hydrogen-bond acceptors (Lipinski definition) is 5. The third-order valence-electron chi connectivity index (χ3n) is 1.12. The van der Waals surface area contributed by atoms with E-state index in [0.717, 1.165) is 12.1 Å². The molecule has 0 radical (unpaired) electrons. The van der Waals surface area contributed by atoms with Crippen LogP contribution >= 0.6 is 0 Å². The van der Waals surface area contributed by atoms with Crippen molar-refractivity contribution < 1.29 is 29.9 Å². The van der Waals surface area contributed by atoms with Gasteiger partial charge in [-0.1, -0.05) is 0 Å². The highest BCUT2D eigenvalue weighted by atomic mass is 16.6. The molecule has 78 valence electrons. The lowest BCUT2D eigenvalue weighted by Crippen LogP contribution is -1.96. The normalized spacial score (nSPS) is 8.00. The van der Waals surface area contributed by atoms with Crippen molar-refractivity contribution in [2.75, 3.05) is 0 Å². The van der Waals surface area contributed by atoms with E-state index < -0.39 is 16.6 Å². The van der Waals surface area contributed by atoms with Gasteiger partial charge in [-0.15, -0.1) is 0 Å². The smallest absolute Gasteiger partial charge is 0.412 e. The quantitative estimate of drug-likeness (QED) is 0.202. The number of aldehydes is 1. The Morgan fingerprint density at radius 3 is 2.36 bits per heavy atom. The summed E-state index contributed by atoms with van der Waals surface area (Å²) in [6, 6.07) is 2.09. The molecular formula is C6H7NO7. The Hall–Kier alpha value is -2.06. The first-order chi connectivity index (χ1) is 5.65. The third-order valence-corrected chi connectivity index (χ3v) is 1.12. The van der Waals surface area contributed by atoms with E-state index in [9.17, 15) is 19.7 Å². The number of ketones is 1. The molecule has 0 saturated carbocycles. The fourth-order valence-corrected chi connectivity index (χ4v) is 0.616. The van der Waals surface area contributed by atoms with Gasteiger partial charge >= 0.3 is 5.88 Å². The Morgan fingerprint density at radius 2 is 2.00 bits per heavy atom. The summed E-state index contributed by atoms with van der Waals surface area (Å²) in [5.74, 6) is -1.79. The minimum Gasteiger partial charge on any atom is -0.412 e. The van der Waals surface area contributed by atoms with E-state index >= 15 is 0 Å². The van der Waals surface area contributed by atoms with E-state index in [1.807, 2.05) is 0 Å². The van der Waals surface area contributed by atoms with E-state index in [1.54, 1.807) is 0 Å². The summed E-state index contributed by atoms with van der Waals surface area (Å²) in [4.78, 5) is 29.7. The van der Waals surface area contributed by atoms with Gasteiger partial charge in [0.05, 0.1) is 6.07 Å². The van der Waals surface area contributed by atoms with Crippen LogP contribution in [0.25, 0.3) is 0 Å². The molecule has 0 saturated heterocycles. The molecule has 1 aromatic rings. The van der Waals surface area contributed by atoms with E-state index in [4.69, 9.17) is 0 Å². The van der Waals surface area contributed by atoms with Crippen LogP contribution in [-0.4, -0.2) is 27.9 Å². The lowest BCUT2D eigenvalue weighted by Gasteiger charge is -1.82. The number of nitro groups is 1. The highest BCUT2D eigenvalue weighted by molar-refractivity contribution is 6.32. The first-order valence-electron chi connectivity index (χ1n) is 2.89. The molecule has 14 heavy (non-hydrogen) atoms. The van der Waals surface area contributed by atoms with Gasteiger partial charge in [0.25, 0.3) is 5.78 Å². The topological polar surface area (TPSA) is 153 Å². The summed E-state index contributed by atoms with van der Waals surface area (Å²) in [6.45, 7) is 0. The number of carbonyl (C=O) groups excluding carboxylic acids is 2. The summed E-state index contributed by atoms with van der Waals surface area (Å²) < 4.78 is 4.42. The maximum Gasteiger partial charge on any atom is 0.433 e. The number of carbonyl (C=O) groups is 2. The molecule has 1 heterocycles. The first-order valence-corrected chi connectivity index (χ1v) is 2.89. The molecule has 1 aromatic heterocycles. The lowest BCUT2D eigenvalue weighted by molar-refractivity contribution is -0.402. The van der Waals surface area contributed by atoms with Crippen LogP contribution < -0.4 is 0 Å². The molecule has 0 aliphatic carbocycles. The zero-order valence-electron chi connectivity index (χ0n) is 6.72. The molecule has 0 bridgehead atoms. The third kappa shape index (κ3) is 2.77. The lowest BCUT2D eigenvalue weighted by atomic mass is 10.3. The number of Topliss-reactive ketones (excluding diaryl/α,β-unsaturated/α-hetero) is 1. The number of furan rings is 1. The molecular weight excluding hydrogens is 198 g/mol. The minimum absolute atomic E-state index is 0. The molecule has 8 heteroatoms. The van der Waals surface area contributed by atoms with Gasteiger partial charge in [-0.25, -0.2) is 0 Å². The average Bonchev–Trinajstić information content (AvgIpc) is 2.51. The van der Waals surface area contributed by atoms with Crippen LogP contribution in [0.4, 0.5) is 5.88 Å². The fraction of sp³-hybridized carbons (Fsp3) is 0. The molecule has 0 spiro atoms. The van der Waals surface area contributed by atoms with Crippen LogP contribution in [0.3, 0.4) is 0 Å². The second kappa shape index (κ2) is 5.56. The van der Waals surface area contributed by atoms with Crippen molar-refractivity contribution in [2.45, 2.75) is 0 Å². The van der Waals surface area contributed by atoms with Gasteiger partial charge in [0, 0.05) is 0 Å². The van der Waals surface area contributed by atoms with Crippen molar-refractivity contribution in [2.24, 2.45) is 0 Å². The highest BCUT2D eigenvalue weighted by Crippen LogP contribution is 2.15. The summed E-state index contributed by atoms with van der Waals surface area (Å²) >= 11 is 0. The average molecular weight is 205 g/mol. The van der Waals surface area contributed by atoms with Crippen molar-refractivity contribution in [1.29, 1.82) is 0 Å². The zero-order chi connectivity index (χ0) is 9.14. The molecule has 0 aromatic carbocycles. The van der Waals surface area contributed by atoms with Crippen LogP contribution in [0.15, 0.2) is 16.5 Å². The van der Waals surface area contributed by atoms with Gasteiger partial charge in [-0.05, 0) is 6.07 Å².